The van der Waals surface area contributed by atoms with E-state index in [1.165, 1.54) is 7.11 Å². The zero-order valence-electron chi connectivity index (χ0n) is 18.4. The van der Waals surface area contributed by atoms with Gasteiger partial charge in [0.2, 0.25) is 0 Å². The van der Waals surface area contributed by atoms with Crippen molar-refractivity contribution in [3.05, 3.63) is 23.8 Å². The molecule has 0 saturated carbocycles. The fourth-order valence-electron chi connectivity index (χ4n) is 3.17. The van der Waals surface area contributed by atoms with Gasteiger partial charge in [-0.3, -0.25) is 4.79 Å². The molecule has 0 heterocycles. The van der Waals surface area contributed by atoms with E-state index < -0.39 is 39.8 Å². The van der Waals surface area contributed by atoms with Crippen LogP contribution < -0.4 is 15.2 Å². The number of aliphatic hydroxyl groups is 1. The van der Waals surface area contributed by atoms with Crippen LogP contribution in [0.25, 0.3) is 0 Å². The number of ether oxygens (including phenoxy) is 2. The Hall–Kier alpha value is -1.84. The third kappa shape index (κ3) is 8.89. The van der Waals surface area contributed by atoms with Crippen LogP contribution in [0.15, 0.2) is 18.2 Å². The molecule has 1 aromatic rings. The van der Waals surface area contributed by atoms with E-state index in [1.54, 1.807) is 19.1 Å². The SMILES string of the molecule is COc1ccc(CC(CC(N)C(O)CC(C)C(=O)O)C(C)C)cc1OCS(C)(=O)=O. The molecule has 0 saturated heterocycles. The van der Waals surface area contributed by atoms with E-state index in [4.69, 9.17) is 20.3 Å². The highest BCUT2D eigenvalue weighted by atomic mass is 32.2. The molecule has 8 nitrogen and oxygen atoms in total. The van der Waals surface area contributed by atoms with Crippen LogP contribution in [-0.2, 0) is 21.1 Å². The molecule has 0 amide bonds. The first-order chi connectivity index (χ1) is 13.8. The van der Waals surface area contributed by atoms with Crippen LogP contribution in [-0.4, -0.2) is 56.1 Å². The molecular weight excluding hydrogens is 410 g/mol. The van der Waals surface area contributed by atoms with E-state index in [9.17, 15) is 18.3 Å². The fraction of sp³-hybridized carbons (Fsp3) is 0.667. The summed E-state index contributed by atoms with van der Waals surface area (Å²) in [5.41, 5.74) is 7.10. The van der Waals surface area contributed by atoms with Crippen molar-refractivity contribution >= 4 is 15.8 Å². The molecule has 0 aliphatic rings. The van der Waals surface area contributed by atoms with Gasteiger partial charge in [-0.25, -0.2) is 8.42 Å². The Balaban J connectivity index is 2.90. The van der Waals surface area contributed by atoms with E-state index >= 15 is 0 Å². The van der Waals surface area contributed by atoms with Gasteiger partial charge in [-0.15, -0.1) is 0 Å². The molecule has 4 atom stereocenters. The van der Waals surface area contributed by atoms with Gasteiger partial charge in [0.25, 0.3) is 0 Å². The number of benzene rings is 1. The Morgan fingerprint density at radius 1 is 1.17 bits per heavy atom. The van der Waals surface area contributed by atoms with Gasteiger partial charge in [-0.05, 0) is 48.8 Å². The summed E-state index contributed by atoms with van der Waals surface area (Å²) in [6, 6.07) is 4.83. The number of aliphatic carboxylic acids is 1. The first kappa shape index (κ1) is 26.2. The van der Waals surface area contributed by atoms with E-state index in [0.717, 1.165) is 11.8 Å². The number of rotatable bonds is 13. The summed E-state index contributed by atoms with van der Waals surface area (Å²) >= 11 is 0. The molecule has 0 aliphatic heterocycles. The Morgan fingerprint density at radius 3 is 2.30 bits per heavy atom. The number of methoxy groups -OCH3 is 1. The quantitative estimate of drug-likeness (QED) is 0.420. The summed E-state index contributed by atoms with van der Waals surface area (Å²) in [4.78, 5) is 11.0. The Bertz CT molecular complexity index is 795. The minimum atomic E-state index is -3.30. The Kier molecular flexibility index (Phi) is 10.1. The molecule has 4 N–H and O–H groups in total. The molecule has 0 spiro atoms. The number of hydrogen-bond acceptors (Lipinski definition) is 7. The second-order valence-corrected chi connectivity index (χ2v) is 10.4. The van der Waals surface area contributed by atoms with Crippen LogP contribution in [0.4, 0.5) is 0 Å². The van der Waals surface area contributed by atoms with E-state index in [0.29, 0.717) is 24.3 Å². The average Bonchev–Trinajstić information content (AvgIpc) is 2.64. The van der Waals surface area contributed by atoms with Gasteiger partial charge >= 0.3 is 5.97 Å². The van der Waals surface area contributed by atoms with Crippen molar-refractivity contribution in [3.63, 3.8) is 0 Å². The first-order valence-corrected chi connectivity index (χ1v) is 12.0. The predicted molar refractivity (Wildman–Crippen MR) is 115 cm³/mol. The predicted octanol–water partition coefficient (Wildman–Crippen LogP) is 2.08. The van der Waals surface area contributed by atoms with Crippen LogP contribution in [0, 0.1) is 17.8 Å². The molecule has 0 aliphatic carbocycles. The van der Waals surface area contributed by atoms with E-state index in [1.807, 2.05) is 6.07 Å². The number of hydrogen-bond donors (Lipinski definition) is 3. The van der Waals surface area contributed by atoms with Crippen LogP contribution in [0.5, 0.6) is 11.5 Å². The van der Waals surface area contributed by atoms with Gasteiger partial charge in [-0.1, -0.05) is 26.8 Å². The lowest BCUT2D eigenvalue weighted by Crippen LogP contribution is -2.39. The first-order valence-electron chi connectivity index (χ1n) is 9.97. The number of carboxylic acids is 1. The monoisotopic (exact) mass is 445 g/mol. The number of carbonyl (C=O) groups is 1. The number of aliphatic hydroxyl groups excluding tert-OH is 1. The summed E-state index contributed by atoms with van der Waals surface area (Å²) in [6.07, 6.45) is 1.47. The molecule has 172 valence electrons. The second-order valence-electron chi connectivity index (χ2n) is 8.32. The number of nitrogens with two attached hydrogens (primary N) is 1. The third-order valence-electron chi connectivity index (χ3n) is 5.18. The molecule has 1 aromatic carbocycles. The third-order valence-corrected chi connectivity index (χ3v) is 5.73. The summed E-state index contributed by atoms with van der Waals surface area (Å²) in [7, 11) is -1.82. The lowest BCUT2D eigenvalue weighted by molar-refractivity contribution is -0.142. The van der Waals surface area contributed by atoms with Gasteiger partial charge < -0.3 is 25.4 Å². The molecule has 1 rings (SSSR count). The number of sulfone groups is 1. The molecule has 30 heavy (non-hydrogen) atoms. The molecule has 9 heteroatoms. The summed E-state index contributed by atoms with van der Waals surface area (Å²) in [5.74, 6) is -0.880. The second kappa shape index (κ2) is 11.5. The van der Waals surface area contributed by atoms with Crippen molar-refractivity contribution in [2.45, 2.75) is 52.2 Å². The highest BCUT2D eigenvalue weighted by Gasteiger charge is 2.26. The van der Waals surface area contributed by atoms with Crippen molar-refractivity contribution in [2.75, 3.05) is 19.3 Å². The van der Waals surface area contributed by atoms with Gasteiger partial charge in [0.1, 0.15) is 0 Å². The Labute approximate surface area is 179 Å². The minimum absolute atomic E-state index is 0.104. The maximum Gasteiger partial charge on any atom is 0.306 e. The van der Waals surface area contributed by atoms with Gasteiger partial charge in [0.15, 0.2) is 27.3 Å². The lowest BCUT2D eigenvalue weighted by Gasteiger charge is -2.28. The largest absolute Gasteiger partial charge is 0.493 e. The normalized spacial score (nSPS) is 16.0. The zero-order chi connectivity index (χ0) is 23.1. The summed E-state index contributed by atoms with van der Waals surface area (Å²) in [6.45, 7) is 5.68. The minimum Gasteiger partial charge on any atom is -0.493 e. The molecular formula is C21H35NO7S. The topological polar surface area (TPSA) is 136 Å². The van der Waals surface area contributed by atoms with Gasteiger partial charge in [-0.2, -0.15) is 0 Å². The molecule has 0 radical (unpaired) electrons. The highest BCUT2D eigenvalue weighted by molar-refractivity contribution is 7.90. The maximum absolute atomic E-state index is 11.4. The van der Waals surface area contributed by atoms with Gasteiger partial charge in [0.05, 0.1) is 19.1 Å². The van der Waals surface area contributed by atoms with E-state index in [-0.39, 0.29) is 18.3 Å². The molecule has 4 unspecified atom stereocenters. The molecule has 0 aromatic heterocycles. The van der Waals surface area contributed by atoms with Crippen LogP contribution >= 0.6 is 0 Å². The molecule has 0 bridgehead atoms. The van der Waals surface area contributed by atoms with Crippen LogP contribution in [0.2, 0.25) is 0 Å². The maximum atomic E-state index is 11.4. The summed E-state index contributed by atoms with van der Waals surface area (Å²) in [5, 5.41) is 19.3. The Morgan fingerprint density at radius 2 is 1.80 bits per heavy atom. The van der Waals surface area contributed by atoms with Crippen molar-refractivity contribution in [1.29, 1.82) is 0 Å². The van der Waals surface area contributed by atoms with Crippen molar-refractivity contribution in [2.24, 2.45) is 23.5 Å². The molecule has 0 fully saturated rings. The smallest absolute Gasteiger partial charge is 0.306 e. The average molecular weight is 446 g/mol. The van der Waals surface area contributed by atoms with Crippen molar-refractivity contribution < 1.29 is 32.9 Å². The highest BCUT2D eigenvalue weighted by Crippen LogP contribution is 2.31. The van der Waals surface area contributed by atoms with E-state index in [2.05, 4.69) is 13.8 Å². The zero-order valence-corrected chi connectivity index (χ0v) is 19.2. The van der Waals surface area contributed by atoms with Crippen LogP contribution in [0.1, 0.15) is 39.2 Å². The van der Waals surface area contributed by atoms with Gasteiger partial charge in [0, 0.05) is 12.3 Å². The standard InChI is InChI=1S/C21H35NO7S/c1-13(2)16(11-17(22)18(23)8-14(3)21(24)25)9-15-6-7-19(28-4)20(10-15)29-12-30(5,26)27/h6-7,10,13-14,16-18,23H,8-9,11-12,22H2,1-5H3,(H,24,25). The van der Waals surface area contributed by atoms with Crippen molar-refractivity contribution in [1.82, 2.24) is 0 Å². The number of carboxylic acid groups (broad SMARTS) is 1. The summed E-state index contributed by atoms with van der Waals surface area (Å²) < 4.78 is 33.5. The van der Waals surface area contributed by atoms with Crippen LogP contribution in [0.3, 0.4) is 0 Å². The fourth-order valence-corrected chi connectivity index (χ4v) is 3.51. The van der Waals surface area contributed by atoms with Crippen molar-refractivity contribution in [3.8, 4) is 11.5 Å². The lowest BCUT2D eigenvalue weighted by atomic mass is 9.82.